The summed E-state index contributed by atoms with van der Waals surface area (Å²) >= 11 is 0. The maximum Gasteiger partial charge on any atom is 0.271 e. The van der Waals surface area contributed by atoms with Crippen LogP contribution < -0.4 is 10.2 Å². The number of rotatable bonds is 7. The fourth-order valence-corrected chi connectivity index (χ4v) is 2.04. The molecule has 0 aliphatic rings. The molecule has 0 saturated heterocycles. The van der Waals surface area contributed by atoms with E-state index in [-0.39, 0.29) is 5.91 Å². The normalized spacial score (nSPS) is 10.0. The van der Waals surface area contributed by atoms with Crippen molar-refractivity contribution in [2.45, 2.75) is 33.3 Å². The quantitative estimate of drug-likeness (QED) is 0.616. The van der Waals surface area contributed by atoms with Crippen molar-refractivity contribution in [3.8, 4) is 5.75 Å². The molecule has 2 aromatic rings. The monoisotopic (exact) mass is 310 g/mol. The van der Waals surface area contributed by atoms with Crippen molar-refractivity contribution in [2.75, 3.05) is 0 Å². The van der Waals surface area contributed by atoms with Gasteiger partial charge in [-0.05, 0) is 42.7 Å². The van der Waals surface area contributed by atoms with Crippen LogP contribution in [0.1, 0.15) is 42.6 Å². The number of ether oxygens (including phenoxy) is 1. The minimum Gasteiger partial charge on any atom is -0.489 e. The van der Waals surface area contributed by atoms with Gasteiger partial charge in [0.2, 0.25) is 0 Å². The van der Waals surface area contributed by atoms with E-state index in [9.17, 15) is 4.79 Å². The molecule has 4 heteroatoms. The summed E-state index contributed by atoms with van der Waals surface area (Å²) in [6.45, 7) is 4.52. The number of hydrogen-bond acceptors (Lipinski definition) is 3. The van der Waals surface area contributed by atoms with Crippen LogP contribution in [0, 0.1) is 0 Å². The number of hydrogen-bond donors (Lipinski definition) is 1. The van der Waals surface area contributed by atoms with Gasteiger partial charge in [0.25, 0.3) is 5.91 Å². The van der Waals surface area contributed by atoms with Gasteiger partial charge in [-0.15, -0.1) is 0 Å². The van der Waals surface area contributed by atoms with Gasteiger partial charge in [0.05, 0.1) is 0 Å². The number of benzene rings is 2. The average Bonchev–Trinajstić information content (AvgIpc) is 2.62. The largest absolute Gasteiger partial charge is 0.489 e. The summed E-state index contributed by atoms with van der Waals surface area (Å²) in [5, 5.41) is 4.13. The van der Waals surface area contributed by atoms with Gasteiger partial charge in [0, 0.05) is 11.3 Å². The Morgan fingerprint density at radius 3 is 2.26 bits per heavy atom. The molecule has 0 radical (unpaired) electrons. The summed E-state index contributed by atoms with van der Waals surface area (Å²) in [5.74, 6) is 0.634. The van der Waals surface area contributed by atoms with Gasteiger partial charge in [-0.3, -0.25) is 4.79 Å². The lowest BCUT2D eigenvalue weighted by Gasteiger charge is -2.07. The van der Waals surface area contributed by atoms with Crippen LogP contribution in [0.3, 0.4) is 0 Å². The lowest BCUT2D eigenvalue weighted by Crippen LogP contribution is -2.19. The first kappa shape index (κ1) is 16.7. The summed E-state index contributed by atoms with van der Waals surface area (Å²) in [6, 6.07) is 17.0. The zero-order valence-electron chi connectivity index (χ0n) is 13.6. The predicted octanol–water partition coefficient (Wildman–Crippen LogP) is 4.17. The molecule has 0 fully saturated rings. The summed E-state index contributed by atoms with van der Waals surface area (Å²) < 4.78 is 5.68. The third-order valence-electron chi connectivity index (χ3n) is 3.50. The van der Waals surface area contributed by atoms with Crippen molar-refractivity contribution in [2.24, 2.45) is 5.10 Å². The topological polar surface area (TPSA) is 50.7 Å². The second kappa shape index (κ2) is 8.73. The molecule has 0 aliphatic carbocycles. The Kier molecular flexibility index (Phi) is 6.36. The van der Waals surface area contributed by atoms with Gasteiger partial charge in [0.15, 0.2) is 0 Å². The molecule has 1 N–H and O–H groups in total. The van der Waals surface area contributed by atoms with Crippen LogP contribution in [-0.4, -0.2) is 11.6 Å². The predicted molar refractivity (Wildman–Crippen MR) is 92.7 cm³/mol. The molecule has 120 valence electrons. The molecule has 0 atom stereocenters. The van der Waals surface area contributed by atoms with Crippen LogP contribution in [-0.2, 0) is 6.61 Å². The molecular weight excluding hydrogens is 288 g/mol. The van der Waals surface area contributed by atoms with Crippen LogP contribution in [0.4, 0.5) is 0 Å². The Balaban J connectivity index is 1.91. The van der Waals surface area contributed by atoms with E-state index in [1.165, 1.54) is 0 Å². The summed E-state index contributed by atoms with van der Waals surface area (Å²) in [6.07, 6.45) is 1.68. The fourth-order valence-electron chi connectivity index (χ4n) is 2.04. The molecule has 0 aliphatic heterocycles. The van der Waals surface area contributed by atoms with Crippen molar-refractivity contribution >= 4 is 11.6 Å². The second-order valence-corrected chi connectivity index (χ2v) is 5.12. The van der Waals surface area contributed by atoms with E-state index in [0.717, 1.165) is 29.9 Å². The van der Waals surface area contributed by atoms with E-state index in [1.807, 2.05) is 56.3 Å². The molecule has 2 rings (SSSR count). The lowest BCUT2D eigenvalue weighted by atomic mass is 10.1. The maximum absolute atomic E-state index is 12.0. The third kappa shape index (κ3) is 5.25. The molecule has 0 spiro atoms. The van der Waals surface area contributed by atoms with Crippen molar-refractivity contribution in [1.82, 2.24) is 5.43 Å². The smallest absolute Gasteiger partial charge is 0.271 e. The summed E-state index contributed by atoms with van der Waals surface area (Å²) in [4.78, 5) is 12.0. The van der Waals surface area contributed by atoms with Crippen LogP contribution in [0.2, 0.25) is 0 Å². The highest BCUT2D eigenvalue weighted by molar-refractivity contribution is 5.95. The number of amides is 1. The van der Waals surface area contributed by atoms with Crippen molar-refractivity contribution < 1.29 is 9.53 Å². The van der Waals surface area contributed by atoms with Gasteiger partial charge in [-0.25, -0.2) is 5.43 Å². The van der Waals surface area contributed by atoms with Crippen molar-refractivity contribution in [3.63, 3.8) is 0 Å². The maximum atomic E-state index is 12.0. The Hall–Kier alpha value is -2.62. The SMILES string of the molecule is CCC(CC)=NNC(=O)c1ccc(COc2ccccc2)cc1. The molecule has 0 saturated carbocycles. The third-order valence-corrected chi connectivity index (χ3v) is 3.50. The first-order valence-electron chi connectivity index (χ1n) is 7.85. The van der Waals surface area contributed by atoms with Gasteiger partial charge < -0.3 is 4.74 Å². The number of nitrogens with zero attached hydrogens (tertiary/aromatic N) is 1. The Morgan fingerprint density at radius 2 is 1.65 bits per heavy atom. The molecule has 0 bridgehead atoms. The van der Waals surface area contributed by atoms with Crippen molar-refractivity contribution in [1.29, 1.82) is 0 Å². The van der Waals surface area contributed by atoms with Gasteiger partial charge in [-0.1, -0.05) is 44.2 Å². The highest BCUT2D eigenvalue weighted by Crippen LogP contribution is 2.12. The Morgan fingerprint density at radius 1 is 1.00 bits per heavy atom. The molecule has 0 unspecified atom stereocenters. The number of carbonyl (C=O) groups excluding carboxylic acids is 1. The summed E-state index contributed by atoms with van der Waals surface area (Å²) in [5.41, 5.74) is 5.17. The minimum atomic E-state index is -0.195. The molecular formula is C19H22N2O2. The first-order valence-corrected chi connectivity index (χ1v) is 7.85. The molecule has 2 aromatic carbocycles. The number of hydrazone groups is 1. The van der Waals surface area contributed by atoms with Gasteiger partial charge in [0.1, 0.15) is 12.4 Å². The average molecular weight is 310 g/mol. The van der Waals surface area contributed by atoms with Crippen LogP contribution in [0.25, 0.3) is 0 Å². The highest BCUT2D eigenvalue weighted by atomic mass is 16.5. The minimum absolute atomic E-state index is 0.195. The number of carbonyl (C=O) groups is 1. The molecule has 0 aromatic heterocycles. The molecule has 1 amide bonds. The van der Waals surface area contributed by atoms with Gasteiger partial charge >= 0.3 is 0 Å². The van der Waals surface area contributed by atoms with E-state index in [0.29, 0.717) is 12.2 Å². The van der Waals surface area contributed by atoms with Crippen LogP contribution in [0.15, 0.2) is 59.7 Å². The molecule has 23 heavy (non-hydrogen) atoms. The Labute approximate surface area is 137 Å². The summed E-state index contributed by atoms with van der Waals surface area (Å²) in [7, 11) is 0. The van der Waals surface area contributed by atoms with E-state index in [1.54, 1.807) is 12.1 Å². The fraction of sp³-hybridized carbons (Fsp3) is 0.263. The number of para-hydroxylation sites is 1. The van der Waals surface area contributed by atoms with Gasteiger partial charge in [-0.2, -0.15) is 5.10 Å². The molecule has 0 heterocycles. The van der Waals surface area contributed by atoms with E-state index in [2.05, 4.69) is 10.5 Å². The van der Waals surface area contributed by atoms with E-state index >= 15 is 0 Å². The van der Waals surface area contributed by atoms with Crippen LogP contribution >= 0.6 is 0 Å². The number of nitrogens with one attached hydrogen (secondary N) is 1. The van der Waals surface area contributed by atoms with E-state index in [4.69, 9.17) is 4.74 Å². The zero-order valence-corrected chi connectivity index (χ0v) is 13.6. The van der Waals surface area contributed by atoms with Crippen LogP contribution in [0.5, 0.6) is 5.75 Å². The zero-order chi connectivity index (χ0) is 16.5. The second-order valence-electron chi connectivity index (χ2n) is 5.12. The Bertz CT molecular complexity index is 643. The highest BCUT2D eigenvalue weighted by Gasteiger charge is 2.05. The lowest BCUT2D eigenvalue weighted by molar-refractivity contribution is 0.0954. The van der Waals surface area contributed by atoms with Crippen molar-refractivity contribution in [3.05, 3.63) is 65.7 Å². The molecule has 4 nitrogen and oxygen atoms in total. The standard InChI is InChI=1S/C19H22N2O2/c1-3-17(4-2)20-21-19(22)16-12-10-15(11-13-16)14-23-18-8-6-5-7-9-18/h5-13H,3-4,14H2,1-2H3,(H,21,22). The van der Waals surface area contributed by atoms with E-state index < -0.39 is 0 Å². The first-order chi connectivity index (χ1) is 11.2.